The van der Waals surface area contributed by atoms with Gasteiger partial charge in [0.2, 0.25) is 0 Å². The van der Waals surface area contributed by atoms with E-state index in [9.17, 15) is 9.59 Å². The molecule has 110 valence electrons. The second-order valence-corrected chi connectivity index (χ2v) is 4.75. The summed E-state index contributed by atoms with van der Waals surface area (Å²) < 4.78 is 5.46. The summed E-state index contributed by atoms with van der Waals surface area (Å²) in [6.45, 7) is 2.72. The Morgan fingerprint density at radius 2 is 1.70 bits per heavy atom. The van der Waals surface area contributed by atoms with E-state index in [1.165, 1.54) is 0 Å². The number of ketones is 1. The predicted octanol–water partition coefficient (Wildman–Crippen LogP) is 3.69. The molecule has 1 N–H and O–H groups in total. The first-order chi connectivity index (χ1) is 9.63. The first-order valence-electron chi connectivity index (χ1n) is 7.11. The molecule has 0 spiro atoms. The summed E-state index contributed by atoms with van der Waals surface area (Å²) in [4.78, 5) is 22.3. The van der Waals surface area contributed by atoms with Crippen LogP contribution in [-0.4, -0.2) is 23.5 Å². The lowest BCUT2D eigenvalue weighted by molar-refractivity contribution is -0.137. The molecule has 0 fully saturated rings. The van der Waals surface area contributed by atoms with E-state index in [0.717, 1.165) is 25.0 Å². The molecule has 20 heavy (non-hydrogen) atoms. The molecule has 0 heterocycles. The van der Waals surface area contributed by atoms with Crippen LogP contribution in [0.3, 0.4) is 0 Å². The molecule has 0 saturated carbocycles. The van der Waals surface area contributed by atoms with E-state index in [2.05, 4.69) is 0 Å². The molecule has 0 aliphatic heterocycles. The van der Waals surface area contributed by atoms with Gasteiger partial charge in [0.05, 0.1) is 6.61 Å². The van der Waals surface area contributed by atoms with Crippen molar-refractivity contribution in [2.24, 2.45) is 0 Å². The maximum atomic E-state index is 11.9. The normalized spacial score (nSPS) is 10.2. The molecule has 1 rings (SSSR count). The fourth-order valence-electron chi connectivity index (χ4n) is 1.84. The Kier molecular flexibility index (Phi) is 7.40. The Bertz CT molecular complexity index is 423. The van der Waals surface area contributed by atoms with E-state index in [1.54, 1.807) is 12.1 Å². The molecule has 1 aromatic carbocycles. The standard InChI is InChI=1S/C16H22O4/c1-2-12-20-14-10-8-13(9-11-14)15(17)6-4-3-5-7-16(18)19/h8-11H,2-7,12H2,1H3,(H,18,19). The highest BCUT2D eigenvalue weighted by atomic mass is 16.5. The van der Waals surface area contributed by atoms with Crippen LogP contribution in [0.15, 0.2) is 24.3 Å². The van der Waals surface area contributed by atoms with Gasteiger partial charge >= 0.3 is 5.97 Å². The van der Waals surface area contributed by atoms with E-state index < -0.39 is 5.97 Å². The van der Waals surface area contributed by atoms with Crippen LogP contribution in [0.5, 0.6) is 5.75 Å². The lowest BCUT2D eigenvalue weighted by Crippen LogP contribution is -2.00. The molecule has 0 aliphatic carbocycles. The van der Waals surface area contributed by atoms with Gasteiger partial charge in [-0.25, -0.2) is 0 Å². The Hall–Kier alpha value is -1.84. The molecular weight excluding hydrogens is 256 g/mol. The second-order valence-electron chi connectivity index (χ2n) is 4.75. The molecule has 4 heteroatoms. The SMILES string of the molecule is CCCOc1ccc(C(=O)CCCCCC(=O)O)cc1. The lowest BCUT2D eigenvalue weighted by Gasteiger charge is -2.05. The quantitative estimate of drug-likeness (QED) is 0.523. The molecule has 0 bridgehead atoms. The molecular formula is C16H22O4. The zero-order valence-corrected chi connectivity index (χ0v) is 11.9. The zero-order valence-electron chi connectivity index (χ0n) is 11.9. The van der Waals surface area contributed by atoms with E-state index in [1.807, 2.05) is 19.1 Å². The van der Waals surface area contributed by atoms with Crippen LogP contribution in [0.25, 0.3) is 0 Å². The number of rotatable bonds is 10. The van der Waals surface area contributed by atoms with Gasteiger partial charge < -0.3 is 9.84 Å². The van der Waals surface area contributed by atoms with Crippen molar-refractivity contribution in [1.29, 1.82) is 0 Å². The largest absolute Gasteiger partial charge is 0.494 e. The molecule has 0 aliphatic rings. The number of hydrogen-bond donors (Lipinski definition) is 1. The van der Waals surface area contributed by atoms with Gasteiger partial charge in [0, 0.05) is 18.4 Å². The van der Waals surface area contributed by atoms with E-state index >= 15 is 0 Å². The molecule has 1 aromatic rings. The van der Waals surface area contributed by atoms with Gasteiger partial charge in [0.25, 0.3) is 0 Å². The summed E-state index contributed by atoms with van der Waals surface area (Å²) in [5, 5.41) is 8.51. The minimum absolute atomic E-state index is 0.0994. The van der Waals surface area contributed by atoms with Crippen LogP contribution in [0.2, 0.25) is 0 Å². The van der Waals surface area contributed by atoms with E-state index in [4.69, 9.17) is 9.84 Å². The van der Waals surface area contributed by atoms with Crippen LogP contribution in [0.1, 0.15) is 55.8 Å². The number of benzene rings is 1. The summed E-state index contributed by atoms with van der Waals surface area (Å²) in [5.41, 5.74) is 0.687. The Balaban J connectivity index is 2.30. The van der Waals surface area contributed by atoms with Gasteiger partial charge in [-0.2, -0.15) is 0 Å². The van der Waals surface area contributed by atoms with Crippen molar-refractivity contribution < 1.29 is 19.4 Å². The monoisotopic (exact) mass is 278 g/mol. The highest BCUT2D eigenvalue weighted by Crippen LogP contribution is 2.15. The molecule has 0 unspecified atom stereocenters. The smallest absolute Gasteiger partial charge is 0.303 e. The maximum Gasteiger partial charge on any atom is 0.303 e. The first kappa shape index (κ1) is 16.2. The van der Waals surface area contributed by atoms with Crippen molar-refractivity contribution >= 4 is 11.8 Å². The number of carbonyl (C=O) groups is 2. The number of unbranched alkanes of at least 4 members (excludes halogenated alkanes) is 2. The second kappa shape index (κ2) is 9.13. The van der Waals surface area contributed by atoms with Crippen molar-refractivity contribution in [2.45, 2.75) is 45.4 Å². The van der Waals surface area contributed by atoms with Gasteiger partial charge in [-0.15, -0.1) is 0 Å². The molecule has 0 radical (unpaired) electrons. The summed E-state index contributed by atoms with van der Waals surface area (Å²) in [6.07, 6.45) is 3.74. The van der Waals surface area contributed by atoms with E-state index in [-0.39, 0.29) is 12.2 Å². The van der Waals surface area contributed by atoms with Crippen LogP contribution in [0.4, 0.5) is 0 Å². The topological polar surface area (TPSA) is 63.6 Å². The fraction of sp³-hybridized carbons (Fsp3) is 0.500. The van der Waals surface area contributed by atoms with Crippen molar-refractivity contribution in [3.05, 3.63) is 29.8 Å². The maximum absolute atomic E-state index is 11.9. The number of hydrogen-bond acceptors (Lipinski definition) is 3. The molecule has 0 atom stereocenters. The average molecular weight is 278 g/mol. The van der Waals surface area contributed by atoms with Gasteiger partial charge in [-0.05, 0) is 43.5 Å². The number of carboxylic acids is 1. The van der Waals surface area contributed by atoms with Crippen molar-refractivity contribution in [3.8, 4) is 5.75 Å². The third-order valence-corrected chi connectivity index (χ3v) is 2.94. The lowest BCUT2D eigenvalue weighted by atomic mass is 10.0. The third-order valence-electron chi connectivity index (χ3n) is 2.94. The van der Waals surface area contributed by atoms with E-state index in [0.29, 0.717) is 25.0 Å². The zero-order chi connectivity index (χ0) is 14.8. The summed E-state index contributed by atoms with van der Waals surface area (Å²) in [7, 11) is 0. The number of carbonyl (C=O) groups excluding carboxylic acids is 1. The molecule has 4 nitrogen and oxygen atoms in total. The van der Waals surface area contributed by atoms with Gasteiger partial charge in [-0.1, -0.05) is 13.3 Å². The van der Waals surface area contributed by atoms with Gasteiger partial charge in [-0.3, -0.25) is 9.59 Å². The molecule has 0 aromatic heterocycles. The van der Waals surface area contributed by atoms with Crippen molar-refractivity contribution in [3.63, 3.8) is 0 Å². The van der Waals surface area contributed by atoms with Gasteiger partial charge in [0.1, 0.15) is 5.75 Å². The van der Waals surface area contributed by atoms with Crippen LogP contribution in [-0.2, 0) is 4.79 Å². The van der Waals surface area contributed by atoms with Gasteiger partial charge in [0.15, 0.2) is 5.78 Å². The Morgan fingerprint density at radius 3 is 2.30 bits per heavy atom. The summed E-state index contributed by atoms with van der Waals surface area (Å²) >= 11 is 0. The third kappa shape index (κ3) is 6.36. The first-order valence-corrected chi connectivity index (χ1v) is 7.11. The summed E-state index contributed by atoms with van der Waals surface area (Å²) in [6, 6.07) is 7.19. The van der Waals surface area contributed by atoms with Crippen molar-refractivity contribution in [2.75, 3.05) is 6.61 Å². The minimum Gasteiger partial charge on any atom is -0.494 e. The average Bonchev–Trinajstić information content (AvgIpc) is 2.44. The van der Waals surface area contributed by atoms with Crippen LogP contribution < -0.4 is 4.74 Å². The van der Waals surface area contributed by atoms with Crippen molar-refractivity contribution in [1.82, 2.24) is 0 Å². The summed E-state index contributed by atoms with van der Waals surface area (Å²) in [5.74, 6) is 0.103. The Morgan fingerprint density at radius 1 is 1.05 bits per heavy atom. The number of carboxylic acid groups (broad SMARTS) is 1. The Labute approximate surface area is 119 Å². The molecule has 0 saturated heterocycles. The number of Topliss-reactive ketones (excluding diaryl/α,β-unsaturated/α-hetero) is 1. The van der Waals surface area contributed by atoms with Crippen LogP contribution >= 0.6 is 0 Å². The highest BCUT2D eigenvalue weighted by molar-refractivity contribution is 5.96. The minimum atomic E-state index is -0.779. The molecule has 0 amide bonds. The highest BCUT2D eigenvalue weighted by Gasteiger charge is 2.06. The number of ether oxygens (including phenoxy) is 1. The predicted molar refractivity (Wildman–Crippen MR) is 77.3 cm³/mol. The fourth-order valence-corrected chi connectivity index (χ4v) is 1.84. The van der Waals surface area contributed by atoms with Crippen LogP contribution in [0, 0.1) is 0 Å². The number of aliphatic carboxylic acids is 1.